The molecule has 8 nitrogen and oxygen atoms in total. The fourth-order valence-electron chi connectivity index (χ4n) is 3.23. The van der Waals surface area contributed by atoms with Gasteiger partial charge in [0, 0.05) is 13.1 Å². The summed E-state index contributed by atoms with van der Waals surface area (Å²) in [5.41, 5.74) is 0. The lowest BCUT2D eigenvalue weighted by molar-refractivity contribution is -0.154. The molecule has 158 valence electrons. The zero-order valence-electron chi connectivity index (χ0n) is 16.4. The molecular weight excluding hydrogens is 404 g/mol. The van der Waals surface area contributed by atoms with Crippen LogP contribution in [-0.4, -0.2) is 77.9 Å². The smallest absolute Gasteiger partial charge is 0.409 e. The number of nitrogens with zero attached hydrogens (tertiary/aromatic N) is 1. The molecule has 0 aromatic rings. The molecule has 1 N–H and O–H groups in total. The van der Waals surface area contributed by atoms with Gasteiger partial charge >= 0.3 is 12.1 Å². The van der Waals surface area contributed by atoms with Crippen molar-refractivity contribution in [2.45, 2.75) is 49.0 Å². The largest absolute Gasteiger partial charge is 0.460 e. The number of hydrogen-bond donors (Lipinski definition) is 1. The van der Waals surface area contributed by atoms with Crippen molar-refractivity contribution in [2.24, 2.45) is 0 Å². The second kappa shape index (κ2) is 10.5. The van der Waals surface area contributed by atoms with E-state index in [0.717, 1.165) is 6.29 Å². The van der Waals surface area contributed by atoms with Gasteiger partial charge in [0.15, 0.2) is 0 Å². The van der Waals surface area contributed by atoms with E-state index in [1.54, 1.807) is 18.7 Å². The molecule has 2 aliphatic rings. The van der Waals surface area contributed by atoms with Crippen LogP contribution in [0.5, 0.6) is 0 Å². The Morgan fingerprint density at radius 1 is 1.00 bits per heavy atom. The van der Waals surface area contributed by atoms with Gasteiger partial charge in [-0.05, 0) is 52.6 Å². The fraction of sp³-hybridized carbons (Fsp3) is 0.778. The first-order chi connectivity index (χ1) is 13.4. The van der Waals surface area contributed by atoms with Crippen molar-refractivity contribution in [2.75, 3.05) is 39.4 Å². The van der Waals surface area contributed by atoms with Gasteiger partial charge in [0.05, 0.1) is 22.7 Å². The summed E-state index contributed by atoms with van der Waals surface area (Å²) in [6.45, 7) is 5.98. The Morgan fingerprint density at radius 3 is 2.14 bits per heavy atom. The van der Waals surface area contributed by atoms with E-state index in [1.807, 2.05) is 0 Å². The average molecular weight is 433 g/mol. The van der Waals surface area contributed by atoms with Crippen LogP contribution in [0.15, 0.2) is 0 Å². The quantitative estimate of drug-likeness (QED) is 0.266. The number of hydrogen-bond acceptors (Lipinski definition) is 9. The lowest BCUT2D eigenvalue weighted by atomic mass is 9.92. The molecule has 10 heteroatoms. The number of Topliss-reactive ketones (excluding diaryl/α,β-unsaturated/α-hetero) is 1. The molecular formula is C18H28N2O6S2. The lowest BCUT2D eigenvalue weighted by Gasteiger charge is -2.40. The first-order valence-corrected chi connectivity index (χ1v) is 11.7. The maximum Gasteiger partial charge on any atom is 0.409 e. The molecule has 2 heterocycles. The van der Waals surface area contributed by atoms with Crippen LogP contribution < -0.4 is 5.32 Å². The molecule has 2 fully saturated rings. The van der Waals surface area contributed by atoms with Gasteiger partial charge in [-0.1, -0.05) is 21.6 Å². The molecule has 0 atom stereocenters. The Hall–Kier alpha value is -1.26. The predicted octanol–water partition coefficient (Wildman–Crippen LogP) is 1.81. The van der Waals surface area contributed by atoms with E-state index in [1.165, 1.54) is 21.6 Å². The van der Waals surface area contributed by atoms with Gasteiger partial charge in [0.2, 0.25) is 0 Å². The van der Waals surface area contributed by atoms with Gasteiger partial charge in [0.1, 0.15) is 6.29 Å². The highest BCUT2D eigenvalue weighted by molar-refractivity contribution is 8.78. The van der Waals surface area contributed by atoms with E-state index in [9.17, 15) is 19.2 Å². The summed E-state index contributed by atoms with van der Waals surface area (Å²) in [5.74, 6) is -1.34. The van der Waals surface area contributed by atoms with Gasteiger partial charge in [-0.3, -0.25) is 4.79 Å². The molecule has 0 saturated carbocycles. The molecule has 0 radical (unpaired) electrons. The van der Waals surface area contributed by atoms with Crippen LogP contribution in [0.3, 0.4) is 0 Å². The number of carbonyl (C=O) groups is 4. The predicted molar refractivity (Wildman–Crippen MR) is 108 cm³/mol. The molecule has 0 aromatic heterocycles. The normalized spacial score (nSPS) is 20.9. The molecule has 0 aromatic carbocycles. The van der Waals surface area contributed by atoms with E-state index in [2.05, 4.69) is 5.32 Å². The fourth-order valence-corrected chi connectivity index (χ4v) is 6.79. The third kappa shape index (κ3) is 5.42. The van der Waals surface area contributed by atoms with Crippen LogP contribution in [-0.2, 0) is 23.9 Å². The second-order valence-electron chi connectivity index (χ2n) is 6.83. The van der Waals surface area contributed by atoms with Crippen LogP contribution in [0.4, 0.5) is 4.79 Å². The highest BCUT2D eigenvalue weighted by atomic mass is 33.1. The number of rotatable bonds is 8. The molecule has 0 unspecified atom stereocenters. The summed E-state index contributed by atoms with van der Waals surface area (Å²) in [4.78, 5) is 50.3. The SMILES string of the molecule is CCOC(=O)C(=O)C1(SSC2(C=O)CCN(C(=O)OCC)CC2)CCNCC1. The van der Waals surface area contributed by atoms with Crippen LogP contribution in [0.2, 0.25) is 0 Å². The topological polar surface area (TPSA) is 102 Å². The summed E-state index contributed by atoms with van der Waals surface area (Å²) >= 11 is 0. The van der Waals surface area contributed by atoms with Gasteiger partial charge in [0.25, 0.3) is 5.78 Å². The van der Waals surface area contributed by atoms with E-state index >= 15 is 0 Å². The highest BCUT2D eigenvalue weighted by Gasteiger charge is 2.47. The Kier molecular flexibility index (Phi) is 8.63. The van der Waals surface area contributed by atoms with Crippen molar-refractivity contribution in [3.8, 4) is 0 Å². The second-order valence-corrected chi connectivity index (χ2v) is 9.76. The molecule has 0 bridgehead atoms. The summed E-state index contributed by atoms with van der Waals surface area (Å²) in [5, 5.41) is 3.20. The third-order valence-electron chi connectivity index (χ3n) is 5.00. The number of aldehydes is 1. The van der Waals surface area contributed by atoms with Crippen molar-refractivity contribution in [1.29, 1.82) is 0 Å². The summed E-state index contributed by atoms with van der Waals surface area (Å²) in [6, 6.07) is 0. The Bertz CT molecular complexity index is 587. The maximum atomic E-state index is 12.8. The Labute approximate surface area is 173 Å². The Morgan fingerprint density at radius 2 is 1.61 bits per heavy atom. The zero-order chi connectivity index (χ0) is 20.6. The number of piperidine rings is 2. The average Bonchev–Trinajstić information content (AvgIpc) is 2.73. The molecule has 2 saturated heterocycles. The molecule has 1 amide bonds. The number of ether oxygens (including phenoxy) is 2. The van der Waals surface area contributed by atoms with Gasteiger partial charge in [-0.15, -0.1) is 0 Å². The maximum absolute atomic E-state index is 12.8. The molecule has 0 aliphatic carbocycles. The number of nitrogens with one attached hydrogen (secondary N) is 1. The Balaban J connectivity index is 2.04. The van der Waals surface area contributed by atoms with Crippen molar-refractivity contribution in [3.05, 3.63) is 0 Å². The number of likely N-dealkylation sites (tertiary alicyclic amines) is 1. The molecule has 28 heavy (non-hydrogen) atoms. The van der Waals surface area contributed by atoms with Crippen molar-refractivity contribution in [3.63, 3.8) is 0 Å². The van der Waals surface area contributed by atoms with Crippen LogP contribution >= 0.6 is 21.6 Å². The monoisotopic (exact) mass is 432 g/mol. The molecule has 0 spiro atoms. The zero-order valence-corrected chi connectivity index (χ0v) is 18.0. The molecule has 2 rings (SSSR count). The van der Waals surface area contributed by atoms with Crippen LogP contribution in [0.1, 0.15) is 39.5 Å². The van der Waals surface area contributed by atoms with Crippen LogP contribution in [0, 0.1) is 0 Å². The highest BCUT2D eigenvalue weighted by Crippen LogP contribution is 2.51. The van der Waals surface area contributed by atoms with Crippen molar-refractivity contribution >= 4 is 45.7 Å². The minimum absolute atomic E-state index is 0.151. The summed E-state index contributed by atoms with van der Waals surface area (Å²) in [6.07, 6.45) is 2.52. The standard InChI is InChI=1S/C18H28N2O6S2/c1-3-25-15(23)14(22)18(5-9-19-10-6-18)28-27-17(13-21)7-11-20(12-8-17)16(24)26-4-2/h13,19H,3-12H2,1-2H3. The summed E-state index contributed by atoms with van der Waals surface area (Å²) in [7, 11) is 2.67. The lowest BCUT2D eigenvalue weighted by Crippen LogP contribution is -2.49. The minimum atomic E-state index is -0.892. The molecule has 2 aliphatic heterocycles. The van der Waals surface area contributed by atoms with E-state index in [0.29, 0.717) is 58.5 Å². The minimum Gasteiger partial charge on any atom is -0.460 e. The van der Waals surface area contributed by atoms with Gasteiger partial charge < -0.3 is 24.5 Å². The first-order valence-electron chi connectivity index (χ1n) is 9.59. The van der Waals surface area contributed by atoms with E-state index < -0.39 is 21.2 Å². The number of amides is 1. The number of ketones is 1. The van der Waals surface area contributed by atoms with Crippen LogP contribution in [0.25, 0.3) is 0 Å². The van der Waals surface area contributed by atoms with Gasteiger partial charge in [-0.2, -0.15) is 0 Å². The van der Waals surface area contributed by atoms with E-state index in [-0.39, 0.29) is 12.7 Å². The van der Waals surface area contributed by atoms with Gasteiger partial charge in [-0.25, -0.2) is 9.59 Å². The van der Waals surface area contributed by atoms with E-state index in [4.69, 9.17) is 9.47 Å². The van der Waals surface area contributed by atoms with Crippen molar-refractivity contribution in [1.82, 2.24) is 10.2 Å². The number of carbonyl (C=O) groups excluding carboxylic acids is 4. The third-order valence-corrected chi connectivity index (χ3v) is 9.04. The first kappa shape index (κ1) is 23.0. The number of esters is 1. The van der Waals surface area contributed by atoms with Crippen molar-refractivity contribution < 1.29 is 28.7 Å². The summed E-state index contributed by atoms with van der Waals surface area (Å²) < 4.78 is 8.36.